The zero-order chi connectivity index (χ0) is 20.7. The number of carbonyl (C=O) groups is 3. The number of hydrogen-bond donors (Lipinski definition) is 2. The van der Waals surface area contributed by atoms with Gasteiger partial charge in [0, 0.05) is 29.7 Å². The van der Waals surface area contributed by atoms with Crippen LogP contribution >= 0.6 is 11.8 Å². The summed E-state index contributed by atoms with van der Waals surface area (Å²) in [6.45, 7) is 8.25. The zero-order valence-corrected chi connectivity index (χ0v) is 17.6. The first-order valence-corrected chi connectivity index (χ1v) is 10.6. The lowest BCUT2D eigenvalue weighted by atomic mass is 9.79. The number of nitrogens with zero attached hydrogens (tertiary/aromatic N) is 3. The number of aliphatic hydroxyl groups excluding tert-OH is 1. The second-order valence-electron chi connectivity index (χ2n) is 8.81. The molecule has 4 heterocycles. The van der Waals surface area contributed by atoms with Crippen molar-refractivity contribution in [1.29, 1.82) is 0 Å². The third kappa shape index (κ3) is 2.42. The van der Waals surface area contributed by atoms with Crippen LogP contribution in [0.1, 0.15) is 34.1 Å². The lowest BCUT2D eigenvalue weighted by molar-refractivity contribution is -0.163. The first-order valence-electron chi connectivity index (χ1n) is 9.68. The van der Waals surface area contributed by atoms with Crippen molar-refractivity contribution < 1.29 is 24.6 Å². The van der Waals surface area contributed by atoms with Crippen LogP contribution in [0.3, 0.4) is 0 Å². The minimum atomic E-state index is -1.11. The molecule has 0 saturated carbocycles. The number of carbonyl (C=O) groups excluding carboxylic acids is 2. The molecule has 2 amide bonds. The molecule has 154 valence electrons. The molecule has 0 spiro atoms. The summed E-state index contributed by atoms with van der Waals surface area (Å²) in [7, 11) is 1.82. The SMILES string of the molecule is C[C@@H](O)[C@H]1C(=O)N2C(C(=O)O)=C(S[C@H]3CC4C(=O)N(C)C(C)(C)N4C3)[C@H](C)[C@H]12. The summed E-state index contributed by atoms with van der Waals surface area (Å²) < 4.78 is 0. The Morgan fingerprint density at radius 3 is 2.46 bits per heavy atom. The predicted molar refractivity (Wildman–Crippen MR) is 103 cm³/mol. The van der Waals surface area contributed by atoms with E-state index in [1.54, 1.807) is 11.8 Å². The van der Waals surface area contributed by atoms with Crippen LogP contribution in [0, 0.1) is 11.8 Å². The van der Waals surface area contributed by atoms with Gasteiger partial charge < -0.3 is 20.0 Å². The van der Waals surface area contributed by atoms with Gasteiger partial charge in [-0.25, -0.2) is 4.79 Å². The van der Waals surface area contributed by atoms with E-state index in [1.165, 1.54) is 16.7 Å². The second kappa shape index (κ2) is 6.21. The predicted octanol–water partition coefficient (Wildman–Crippen LogP) is 0.524. The summed E-state index contributed by atoms with van der Waals surface area (Å²) in [5, 5.41) is 19.8. The molecule has 6 atom stereocenters. The van der Waals surface area contributed by atoms with Gasteiger partial charge in [0.15, 0.2) is 0 Å². The fourth-order valence-corrected chi connectivity index (χ4v) is 6.79. The number of aliphatic carboxylic acids is 1. The molecule has 3 fully saturated rings. The highest BCUT2D eigenvalue weighted by molar-refractivity contribution is 8.03. The van der Waals surface area contributed by atoms with Crippen LogP contribution in [0.4, 0.5) is 0 Å². The van der Waals surface area contributed by atoms with Crippen LogP contribution in [-0.4, -0.2) is 85.4 Å². The van der Waals surface area contributed by atoms with E-state index < -0.39 is 18.0 Å². The van der Waals surface area contributed by atoms with Crippen molar-refractivity contribution in [3.63, 3.8) is 0 Å². The topological polar surface area (TPSA) is 101 Å². The molecule has 9 heteroatoms. The second-order valence-corrected chi connectivity index (χ2v) is 10.1. The van der Waals surface area contributed by atoms with Crippen LogP contribution in [0.5, 0.6) is 0 Å². The van der Waals surface area contributed by atoms with Crippen molar-refractivity contribution in [2.24, 2.45) is 11.8 Å². The summed E-state index contributed by atoms with van der Waals surface area (Å²) in [5.41, 5.74) is -0.308. The number of aliphatic hydroxyl groups is 1. The van der Waals surface area contributed by atoms with Crippen LogP contribution in [0.15, 0.2) is 10.6 Å². The Hall–Kier alpha value is -1.58. The normalized spacial score (nSPS) is 38.0. The minimum Gasteiger partial charge on any atom is -0.477 e. The lowest BCUT2D eigenvalue weighted by Crippen LogP contribution is -2.63. The van der Waals surface area contributed by atoms with Gasteiger partial charge in [0.05, 0.1) is 29.8 Å². The Kier molecular flexibility index (Phi) is 4.37. The van der Waals surface area contributed by atoms with E-state index in [0.717, 1.165) is 0 Å². The Bertz CT molecular complexity index is 794. The molecule has 1 unspecified atom stereocenters. The number of rotatable bonds is 4. The number of fused-ring (bicyclic) bond motifs is 2. The van der Waals surface area contributed by atoms with Gasteiger partial charge in [0.25, 0.3) is 0 Å². The largest absolute Gasteiger partial charge is 0.477 e. The molecule has 2 N–H and O–H groups in total. The Morgan fingerprint density at radius 1 is 1.29 bits per heavy atom. The van der Waals surface area contributed by atoms with E-state index in [0.29, 0.717) is 17.9 Å². The van der Waals surface area contributed by atoms with Crippen molar-refractivity contribution >= 4 is 29.5 Å². The van der Waals surface area contributed by atoms with Gasteiger partial charge in [-0.1, -0.05) is 6.92 Å². The smallest absolute Gasteiger partial charge is 0.353 e. The molecule has 0 radical (unpaired) electrons. The number of thioether (sulfide) groups is 1. The molecule has 8 nitrogen and oxygen atoms in total. The molecular weight excluding hydrogens is 382 g/mol. The molecule has 0 aromatic heterocycles. The lowest BCUT2D eigenvalue weighted by Gasteiger charge is -2.46. The first kappa shape index (κ1) is 19.7. The van der Waals surface area contributed by atoms with Crippen molar-refractivity contribution in [1.82, 2.24) is 14.7 Å². The highest BCUT2D eigenvalue weighted by atomic mass is 32.2. The molecule has 4 rings (SSSR count). The average Bonchev–Trinajstić information content (AvgIpc) is 3.17. The van der Waals surface area contributed by atoms with Crippen LogP contribution in [-0.2, 0) is 14.4 Å². The number of amides is 2. The van der Waals surface area contributed by atoms with Gasteiger partial charge in [-0.15, -0.1) is 11.8 Å². The zero-order valence-electron chi connectivity index (χ0n) is 16.7. The van der Waals surface area contributed by atoms with E-state index in [9.17, 15) is 24.6 Å². The molecule has 3 saturated heterocycles. The Labute approximate surface area is 168 Å². The highest BCUT2D eigenvalue weighted by Gasteiger charge is 2.61. The molecule has 0 bridgehead atoms. The van der Waals surface area contributed by atoms with Gasteiger partial charge in [0.2, 0.25) is 11.8 Å². The number of β-lactam (4-membered cyclic amide) rings is 1. The van der Waals surface area contributed by atoms with Crippen molar-refractivity contribution in [2.45, 2.75) is 63.2 Å². The van der Waals surface area contributed by atoms with Crippen LogP contribution in [0.2, 0.25) is 0 Å². The number of hydrogen-bond acceptors (Lipinski definition) is 6. The van der Waals surface area contributed by atoms with Gasteiger partial charge in [-0.3, -0.25) is 14.5 Å². The summed E-state index contributed by atoms with van der Waals surface area (Å²) in [4.78, 5) is 43.0. The maximum absolute atomic E-state index is 12.6. The standard InChI is InChI=1S/C19H27N3O5S/c1-8-13-12(9(2)23)17(25)22(13)14(18(26)27)15(8)28-10-6-11-16(24)20(5)19(3,4)21(11)7-10/h8-13,23H,6-7H2,1-5H3,(H,26,27)/t8-,9-,10+,11?,12-,13-/m1/s1. The van der Waals surface area contributed by atoms with E-state index in [1.807, 2.05) is 27.8 Å². The summed E-state index contributed by atoms with van der Waals surface area (Å²) in [6, 6.07) is -0.474. The molecule has 0 aromatic rings. The maximum Gasteiger partial charge on any atom is 0.353 e. The molecule has 0 aliphatic carbocycles. The third-order valence-electron chi connectivity index (χ3n) is 7.01. The molecule has 0 aromatic carbocycles. The van der Waals surface area contributed by atoms with Gasteiger partial charge in [-0.05, 0) is 27.2 Å². The molecule has 4 aliphatic heterocycles. The quantitative estimate of drug-likeness (QED) is 0.653. The average molecular weight is 410 g/mol. The number of carboxylic acid groups (broad SMARTS) is 1. The molecule has 28 heavy (non-hydrogen) atoms. The monoisotopic (exact) mass is 409 g/mol. The van der Waals surface area contributed by atoms with Gasteiger partial charge >= 0.3 is 5.97 Å². The first-order chi connectivity index (χ1) is 13.0. The van der Waals surface area contributed by atoms with Crippen LogP contribution < -0.4 is 0 Å². The summed E-state index contributed by atoms with van der Waals surface area (Å²) in [5.74, 6) is -2.01. The van der Waals surface area contributed by atoms with E-state index in [4.69, 9.17) is 0 Å². The molecule has 4 aliphatic rings. The van der Waals surface area contributed by atoms with E-state index >= 15 is 0 Å². The van der Waals surface area contributed by atoms with Gasteiger partial charge in [0.1, 0.15) is 5.70 Å². The number of likely N-dealkylation sites (N-methyl/N-ethyl adjacent to an activating group) is 1. The maximum atomic E-state index is 12.6. The Balaban J connectivity index is 1.58. The third-order valence-corrected chi connectivity index (χ3v) is 8.50. The Morgan fingerprint density at radius 2 is 1.93 bits per heavy atom. The summed E-state index contributed by atoms with van der Waals surface area (Å²) >= 11 is 1.49. The minimum absolute atomic E-state index is 0.0548. The van der Waals surface area contributed by atoms with Crippen molar-refractivity contribution in [2.75, 3.05) is 13.6 Å². The van der Waals surface area contributed by atoms with E-state index in [-0.39, 0.29) is 46.4 Å². The fourth-order valence-electron chi connectivity index (χ4n) is 5.27. The summed E-state index contributed by atoms with van der Waals surface area (Å²) in [6.07, 6.45) is -0.139. The van der Waals surface area contributed by atoms with Crippen LogP contribution in [0.25, 0.3) is 0 Å². The molecular formula is C19H27N3O5S. The fraction of sp³-hybridized carbons (Fsp3) is 0.737. The van der Waals surface area contributed by atoms with Crippen molar-refractivity contribution in [3.8, 4) is 0 Å². The number of carboxylic acids is 1. The van der Waals surface area contributed by atoms with Gasteiger partial charge in [-0.2, -0.15) is 0 Å². The van der Waals surface area contributed by atoms with E-state index in [2.05, 4.69) is 4.90 Å². The van der Waals surface area contributed by atoms with Crippen molar-refractivity contribution in [3.05, 3.63) is 10.6 Å². The highest BCUT2D eigenvalue weighted by Crippen LogP contribution is 2.53.